The highest BCUT2D eigenvalue weighted by atomic mass is 35.5. The summed E-state index contributed by atoms with van der Waals surface area (Å²) < 4.78 is 10.6. The molecule has 0 aromatic heterocycles. The van der Waals surface area contributed by atoms with Gasteiger partial charge in [-0.15, -0.1) is 0 Å². The average Bonchev–Trinajstić information content (AvgIpc) is 3.03. The number of anilines is 2. The van der Waals surface area contributed by atoms with Crippen LogP contribution in [0.25, 0.3) is 5.57 Å². The third-order valence-corrected chi connectivity index (χ3v) is 5.78. The molecule has 4 rings (SSSR count). The molecule has 168 valence electrons. The average molecular weight is 463 g/mol. The lowest BCUT2D eigenvalue weighted by atomic mass is 9.97. The van der Waals surface area contributed by atoms with Gasteiger partial charge in [-0.25, -0.2) is 4.90 Å². The highest BCUT2D eigenvalue weighted by Gasteiger charge is 2.41. The van der Waals surface area contributed by atoms with E-state index in [-0.39, 0.29) is 11.3 Å². The Kier molecular flexibility index (Phi) is 6.11. The van der Waals surface area contributed by atoms with Crippen molar-refractivity contribution < 1.29 is 19.1 Å². The molecule has 0 aliphatic carbocycles. The second-order valence-electron chi connectivity index (χ2n) is 7.66. The van der Waals surface area contributed by atoms with Gasteiger partial charge in [-0.05, 0) is 55.3 Å². The number of para-hydroxylation sites is 2. The van der Waals surface area contributed by atoms with E-state index in [1.807, 2.05) is 32.0 Å². The molecule has 2 amide bonds. The third-order valence-electron chi connectivity index (χ3n) is 5.48. The van der Waals surface area contributed by atoms with Gasteiger partial charge in [0.15, 0.2) is 0 Å². The molecule has 0 unspecified atom stereocenters. The quantitative estimate of drug-likeness (QED) is 0.499. The summed E-state index contributed by atoms with van der Waals surface area (Å²) in [6.07, 6.45) is 0. The van der Waals surface area contributed by atoms with E-state index in [2.05, 4.69) is 5.32 Å². The third kappa shape index (κ3) is 4.05. The summed E-state index contributed by atoms with van der Waals surface area (Å²) in [5, 5.41) is 3.51. The summed E-state index contributed by atoms with van der Waals surface area (Å²) in [5.74, 6) is 0.0215. The largest absolute Gasteiger partial charge is 0.495 e. The lowest BCUT2D eigenvalue weighted by Crippen LogP contribution is -2.32. The molecule has 1 heterocycles. The van der Waals surface area contributed by atoms with Gasteiger partial charge < -0.3 is 14.8 Å². The van der Waals surface area contributed by atoms with Crippen molar-refractivity contribution in [3.05, 3.63) is 88.1 Å². The van der Waals surface area contributed by atoms with Gasteiger partial charge in [0.2, 0.25) is 0 Å². The van der Waals surface area contributed by atoms with Crippen LogP contribution in [-0.2, 0) is 9.59 Å². The fourth-order valence-electron chi connectivity index (χ4n) is 3.91. The maximum Gasteiger partial charge on any atom is 0.282 e. The molecule has 0 atom stereocenters. The molecule has 0 fully saturated rings. The van der Waals surface area contributed by atoms with Crippen LogP contribution < -0.4 is 19.7 Å². The topological polar surface area (TPSA) is 67.9 Å². The molecular weight excluding hydrogens is 440 g/mol. The number of nitrogens with zero attached hydrogens (tertiary/aromatic N) is 1. The monoisotopic (exact) mass is 462 g/mol. The number of ether oxygens (including phenoxy) is 2. The molecule has 1 aliphatic rings. The van der Waals surface area contributed by atoms with Crippen LogP contribution in [0.1, 0.15) is 16.7 Å². The number of benzene rings is 3. The molecule has 7 heteroatoms. The van der Waals surface area contributed by atoms with Crippen molar-refractivity contribution in [1.29, 1.82) is 0 Å². The van der Waals surface area contributed by atoms with Crippen molar-refractivity contribution in [3.63, 3.8) is 0 Å². The molecule has 3 aromatic rings. The molecule has 0 saturated carbocycles. The van der Waals surface area contributed by atoms with Gasteiger partial charge >= 0.3 is 0 Å². The summed E-state index contributed by atoms with van der Waals surface area (Å²) in [6, 6.07) is 17.8. The summed E-state index contributed by atoms with van der Waals surface area (Å²) in [7, 11) is 3.03. The number of carbonyl (C=O) groups is 2. The number of carbonyl (C=O) groups excluding carboxylic acids is 2. The van der Waals surface area contributed by atoms with Gasteiger partial charge in [0.1, 0.15) is 17.2 Å². The Morgan fingerprint density at radius 2 is 1.58 bits per heavy atom. The number of hydrogen-bond acceptors (Lipinski definition) is 5. The van der Waals surface area contributed by atoms with Gasteiger partial charge in [-0.3, -0.25) is 9.59 Å². The van der Waals surface area contributed by atoms with E-state index in [1.54, 1.807) is 42.5 Å². The molecule has 1 aliphatic heterocycles. The predicted molar refractivity (Wildman–Crippen MR) is 130 cm³/mol. The first-order valence-electron chi connectivity index (χ1n) is 10.3. The van der Waals surface area contributed by atoms with Crippen LogP contribution in [0.2, 0.25) is 5.02 Å². The maximum absolute atomic E-state index is 13.7. The predicted octanol–water partition coefficient (Wildman–Crippen LogP) is 5.37. The van der Waals surface area contributed by atoms with E-state index in [0.29, 0.717) is 33.5 Å². The number of methoxy groups -OCH3 is 2. The molecule has 0 bridgehead atoms. The van der Waals surface area contributed by atoms with Gasteiger partial charge in [0.05, 0.1) is 30.5 Å². The van der Waals surface area contributed by atoms with Crippen LogP contribution in [-0.4, -0.2) is 26.0 Å². The maximum atomic E-state index is 13.7. The molecular formula is C26H23ClN2O4. The van der Waals surface area contributed by atoms with Crippen molar-refractivity contribution in [1.82, 2.24) is 0 Å². The molecule has 0 radical (unpaired) electrons. The number of nitrogens with one attached hydrogen (secondary N) is 1. The fraction of sp³-hybridized carbons (Fsp3) is 0.154. The van der Waals surface area contributed by atoms with Crippen molar-refractivity contribution in [2.45, 2.75) is 13.8 Å². The summed E-state index contributed by atoms with van der Waals surface area (Å²) in [6.45, 7) is 3.90. The van der Waals surface area contributed by atoms with E-state index in [9.17, 15) is 9.59 Å². The smallest absolute Gasteiger partial charge is 0.282 e. The Bertz CT molecular complexity index is 1300. The zero-order valence-corrected chi connectivity index (χ0v) is 19.5. The molecule has 6 nitrogen and oxygen atoms in total. The van der Waals surface area contributed by atoms with Gasteiger partial charge in [0, 0.05) is 5.69 Å². The first kappa shape index (κ1) is 22.4. The number of imide groups is 1. The van der Waals surface area contributed by atoms with Gasteiger partial charge in [-0.1, -0.05) is 47.5 Å². The molecule has 3 aromatic carbocycles. The zero-order chi connectivity index (χ0) is 23.7. The normalized spacial score (nSPS) is 13.5. The van der Waals surface area contributed by atoms with Crippen LogP contribution in [0.5, 0.6) is 11.5 Å². The van der Waals surface area contributed by atoms with E-state index in [4.69, 9.17) is 21.1 Å². The highest BCUT2D eigenvalue weighted by Crippen LogP contribution is 2.39. The van der Waals surface area contributed by atoms with E-state index in [1.165, 1.54) is 14.2 Å². The Labute approximate surface area is 197 Å². The number of aryl methyl sites for hydroxylation is 2. The van der Waals surface area contributed by atoms with Crippen LogP contribution in [0.3, 0.4) is 0 Å². The highest BCUT2D eigenvalue weighted by molar-refractivity contribution is 6.46. The lowest BCUT2D eigenvalue weighted by molar-refractivity contribution is -0.120. The van der Waals surface area contributed by atoms with Crippen LogP contribution in [0, 0.1) is 13.8 Å². The Morgan fingerprint density at radius 3 is 2.24 bits per heavy atom. The van der Waals surface area contributed by atoms with Gasteiger partial charge in [-0.2, -0.15) is 0 Å². The van der Waals surface area contributed by atoms with Crippen molar-refractivity contribution in [3.8, 4) is 11.5 Å². The van der Waals surface area contributed by atoms with E-state index >= 15 is 0 Å². The minimum Gasteiger partial charge on any atom is -0.495 e. The molecule has 0 spiro atoms. The second kappa shape index (κ2) is 9.00. The number of halogens is 1. The standard InChI is InChI=1S/C26H23ClN2O4/c1-15-9-11-18(16(2)13-15)23-24(28-17-10-12-21(32-3)19(27)14-17)26(31)29(25(23)30)20-7-5-6-8-22(20)33-4/h5-14,28H,1-4H3. The zero-order valence-electron chi connectivity index (χ0n) is 18.7. The minimum absolute atomic E-state index is 0.166. The Morgan fingerprint density at radius 1 is 0.848 bits per heavy atom. The lowest BCUT2D eigenvalue weighted by Gasteiger charge is -2.18. The number of amides is 2. The SMILES string of the molecule is COc1ccc(NC2=C(c3ccc(C)cc3C)C(=O)N(c3ccccc3OC)C2=O)cc1Cl. The first-order chi connectivity index (χ1) is 15.8. The van der Waals surface area contributed by atoms with E-state index < -0.39 is 11.8 Å². The van der Waals surface area contributed by atoms with Crippen LogP contribution in [0.15, 0.2) is 66.4 Å². The molecule has 0 saturated heterocycles. The van der Waals surface area contributed by atoms with Crippen molar-refractivity contribution in [2.75, 3.05) is 24.4 Å². The summed E-state index contributed by atoms with van der Waals surface area (Å²) in [5.41, 5.74) is 4.02. The molecule has 1 N–H and O–H groups in total. The minimum atomic E-state index is -0.480. The van der Waals surface area contributed by atoms with Crippen molar-refractivity contribution >= 4 is 40.4 Å². The second-order valence-corrected chi connectivity index (χ2v) is 8.07. The first-order valence-corrected chi connectivity index (χ1v) is 10.7. The Balaban J connectivity index is 1.87. The van der Waals surface area contributed by atoms with E-state index in [0.717, 1.165) is 16.0 Å². The summed E-state index contributed by atoms with van der Waals surface area (Å²) in [4.78, 5) is 28.5. The summed E-state index contributed by atoms with van der Waals surface area (Å²) >= 11 is 6.28. The van der Waals surface area contributed by atoms with Crippen LogP contribution in [0.4, 0.5) is 11.4 Å². The Hall–Kier alpha value is -3.77. The van der Waals surface area contributed by atoms with Crippen molar-refractivity contribution in [2.24, 2.45) is 0 Å². The molecule has 33 heavy (non-hydrogen) atoms. The number of rotatable bonds is 6. The van der Waals surface area contributed by atoms with Crippen LogP contribution >= 0.6 is 11.6 Å². The number of hydrogen-bond donors (Lipinski definition) is 1. The van der Waals surface area contributed by atoms with Gasteiger partial charge in [0.25, 0.3) is 11.8 Å². The fourth-order valence-corrected chi connectivity index (χ4v) is 4.17.